The molecule has 0 saturated carbocycles. The van der Waals surface area contributed by atoms with Gasteiger partial charge in [0, 0.05) is 16.2 Å². The minimum Gasteiger partial charge on any atom is -0.494 e. The van der Waals surface area contributed by atoms with E-state index >= 15 is 0 Å². The zero-order valence-electron chi connectivity index (χ0n) is 9.99. The first kappa shape index (κ1) is 17.1. The second-order valence-electron chi connectivity index (χ2n) is 3.53. The van der Waals surface area contributed by atoms with Gasteiger partial charge in [-0.25, -0.2) is 17.2 Å². The molecule has 1 N–H and O–H groups in total. The molecule has 20 heavy (non-hydrogen) atoms. The van der Waals surface area contributed by atoms with Crippen molar-refractivity contribution in [3.05, 3.63) is 22.2 Å². The lowest BCUT2D eigenvalue weighted by Crippen LogP contribution is -2.28. The average Bonchev–Trinajstić information content (AvgIpc) is 2.33. The number of benzene rings is 1. The number of amides is 1. The number of rotatable bonds is 5. The largest absolute Gasteiger partial charge is 0.494 e. The highest BCUT2D eigenvalue weighted by atomic mass is 79.9. The van der Waals surface area contributed by atoms with Crippen LogP contribution in [0.5, 0.6) is 5.75 Å². The van der Waals surface area contributed by atoms with E-state index in [1.807, 2.05) is 5.32 Å². The molecule has 0 atom stereocenters. The van der Waals surface area contributed by atoms with E-state index in [9.17, 15) is 22.0 Å². The Kier molecular flexibility index (Phi) is 5.72. The number of ether oxygens (including phenoxy) is 1. The molecule has 0 aliphatic heterocycles. The smallest absolute Gasteiger partial charge is 0.265 e. The van der Waals surface area contributed by atoms with Crippen LogP contribution in [0.1, 0.15) is 10.4 Å². The van der Waals surface area contributed by atoms with Crippen molar-refractivity contribution in [3.8, 4) is 5.75 Å². The van der Waals surface area contributed by atoms with Crippen molar-refractivity contribution in [2.24, 2.45) is 0 Å². The van der Waals surface area contributed by atoms with Gasteiger partial charge in [0.25, 0.3) is 21.4 Å². The SMILES string of the molecule is COc1c(Br)cc(C(=O)NCC(F)F)cc1S(=O)(=O)Cl. The summed E-state index contributed by atoms with van der Waals surface area (Å²) in [5, 5.41) is 1.95. The van der Waals surface area contributed by atoms with Crippen molar-refractivity contribution >= 4 is 41.6 Å². The first-order valence-electron chi connectivity index (χ1n) is 5.05. The fourth-order valence-electron chi connectivity index (χ4n) is 1.35. The van der Waals surface area contributed by atoms with E-state index in [4.69, 9.17) is 15.4 Å². The number of methoxy groups -OCH3 is 1. The first-order chi connectivity index (χ1) is 9.16. The molecule has 1 aromatic rings. The molecular weight excluding hydrogens is 384 g/mol. The van der Waals surface area contributed by atoms with E-state index in [2.05, 4.69) is 15.9 Å². The summed E-state index contributed by atoms with van der Waals surface area (Å²) in [5.41, 5.74) is -0.141. The van der Waals surface area contributed by atoms with Crippen LogP contribution >= 0.6 is 26.6 Å². The summed E-state index contributed by atoms with van der Waals surface area (Å²) in [6.45, 7) is -0.842. The summed E-state index contributed by atoms with van der Waals surface area (Å²) in [6, 6.07) is 2.19. The van der Waals surface area contributed by atoms with Gasteiger partial charge in [-0.05, 0) is 28.1 Å². The summed E-state index contributed by atoms with van der Waals surface area (Å²) in [6.07, 6.45) is -2.71. The zero-order valence-corrected chi connectivity index (χ0v) is 13.2. The standard InChI is InChI=1S/C10H9BrClF2NO4S/c1-19-9-6(11)2-5(3-7(9)20(12,17)18)10(16)15-4-8(13)14/h2-3,8H,4H2,1H3,(H,15,16). The molecule has 0 spiro atoms. The van der Waals surface area contributed by atoms with Crippen LogP contribution in [0.15, 0.2) is 21.5 Å². The Morgan fingerprint density at radius 1 is 1.50 bits per heavy atom. The van der Waals surface area contributed by atoms with E-state index in [0.29, 0.717) is 0 Å². The van der Waals surface area contributed by atoms with Crippen LogP contribution in [0.2, 0.25) is 0 Å². The second-order valence-corrected chi connectivity index (χ2v) is 6.92. The molecule has 1 aromatic carbocycles. The lowest BCUT2D eigenvalue weighted by Gasteiger charge is -2.11. The Hall–Kier alpha value is -0.930. The van der Waals surface area contributed by atoms with Gasteiger partial charge < -0.3 is 10.1 Å². The van der Waals surface area contributed by atoms with Gasteiger partial charge in [0.05, 0.1) is 18.1 Å². The highest BCUT2D eigenvalue weighted by molar-refractivity contribution is 9.10. The van der Waals surface area contributed by atoms with Crippen molar-refractivity contribution in [1.29, 1.82) is 0 Å². The molecule has 0 bridgehead atoms. The normalized spacial score (nSPS) is 11.5. The molecule has 0 fully saturated rings. The van der Waals surface area contributed by atoms with Crippen LogP contribution < -0.4 is 10.1 Å². The number of carbonyl (C=O) groups excluding carboxylic acids is 1. The van der Waals surface area contributed by atoms with Gasteiger partial charge in [-0.2, -0.15) is 0 Å². The van der Waals surface area contributed by atoms with E-state index in [1.165, 1.54) is 13.2 Å². The van der Waals surface area contributed by atoms with Crippen molar-refractivity contribution < 1.29 is 26.7 Å². The topological polar surface area (TPSA) is 72.5 Å². The fourth-order valence-corrected chi connectivity index (χ4v) is 3.13. The summed E-state index contributed by atoms with van der Waals surface area (Å²) < 4.78 is 51.9. The molecule has 0 radical (unpaired) electrons. The Morgan fingerprint density at radius 2 is 2.10 bits per heavy atom. The Bertz CT molecular complexity index is 624. The number of halogens is 4. The number of nitrogens with one attached hydrogen (secondary N) is 1. The minimum absolute atomic E-state index is 0.0783. The molecule has 0 aliphatic carbocycles. The number of alkyl halides is 2. The van der Waals surface area contributed by atoms with E-state index < -0.39 is 32.8 Å². The van der Waals surface area contributed by atoms with Gasteiger partial charge in [-0.1, -0.05) is 0 Å². The van der Waals surface area contributed by atoms with Crippen molar-refractivity contribution in [2.75, 3.05) is 13.7 Å². The predicted octanol–water partition coefficient (Wildman–Crippen LogP) is 2.38. The van der Waals surface area contributed by atoms with Gasteiger partial charge in [-0.15, -0.1) is 0 Å². The first-order valence-corrected chi connectivity index (χ1v) is 8.15. The maximum absolute atomic E-state index is 12.0. The number of hydrogen-bond donors (Lipinski definition) is 1. The molecule has 112 valence electrons. The summed E-state index contributed by atoms with van der Waals surface area (Å²) >= 11 is 3.02. The summed E-state index contributed by atoms with van der Waals surface area (Å²) in [4.78, 5) is 11.2. The molecule has 0 saturated heterocycles. The fraction of sp³-hybridized carbons (Fsp3) is 0.300. The third kappa shape index (κ3) is 4.29. The van der Waals surface area contributed by atoms with Crippen molar-refractivity contribution in [2.45, 2.75) is 11.3 Å². The summed E-state index contributed by atoms with van der Waals surface area (Å²) in [5.74, 6) is -0.930. The monoisotopic (exact) mass is 391 g/mol. The molecule has 5 nitrogen and oxygen atoms in total. The van der Waals surface area contributed by atoms with E-state index in [0.717, 1.165) is 6.07 Å². The highest BCUT2D eigenvalue weighted by Gasteiger charge is 2.22. The number of hydrogen-bond acceptors (Lipinski definition) is 4. The van der Waals surface area contributed by atoms with E-state index in [-0.39, 0.29) is 15.8 Å². The third-order valence-corrected chi connectivity index (χ3v) is 4.07. The Labute approximate surface area is 126 Å². The maximum atomic E-state index is 12.0. The van der Waals surface area contributed by atoms with Crippen LogP contribution in [0.25, 0.3) is 0 Å². The Morgan fingerprint density at radius 3 is 2.55 bits per heavy atom. The lowest BCUT2D eigenvalue weighted by molar-refractivity contribution is 0.0891. The van der Waals surface area contributed by atoms with Crippen LogP contribution in [0.3, 0.4) is 0 Å². The average molecular weight is 393 g/mol. The van der Waals surface area contributed by atoms with Gasteiger partial charge in [0.1, 0.15) is 4.90 Å². The maximum Gasteiger partial charge on any atom is 0.265 e. The quantitative estimate of drug-likeness (QED) is 0.781. The molecule has 0 unspecified atom stereocenters. The van der Waals surface area contributed by atoms with Crippen LogP contribution in [-0.4, -0.2) is 34.4 Å². The molecule has 0 heterocycles. The van der Waals surface area contributed by atoms with Crippen LogP contribution in [0.4, 0.5) is 8.78 Å². The Balaban J connectivity index is 3.25. The van der Waals surface area contributed by atoms with Crippen LogP contribution in [-0.2, 0) is 9.05 Å². The van der Waals surface area contributed by atoms with Crippen molar-refractivity contribution in [3.63, 3.8) is 0 Å². The van der Waals surface area contributed by atoms with Gasteiger partial charge >= 0.3 is 0 Å². The van der Waals surface area contributed by atoms with Crippen molar-refractivity contribution in [1.82, 2.24) is 5.32 Å². The molecule has 10 heteroatoms. The predicted molar refractivity (Wildman–Crippen MR) is 72.1 cm³/mol. The highest BCUT2D eigenvalue weighted by Crippen LogP contribution is 2.35. The molecule has 1 amide bonds. The molecule has 0 aliphatic rings. The van der Waals surface area contributed by atoms with Gasteiger partial charge in [-0.3, -0.25) is 4.79 Å². The van der Waals surface area contributed by atoms with Crippen LogP contribution in [0, 0.1) is 0 Å². The van der Waals surface area contributed by atoms with Gasteiger partial charge in [0.2, 0.25) is 0 Å². The molecule has 1 rings (SSSR count). The van der Waals surface area contributed by atoms with E-state index in [1.54, 1.807) is 0 Å². The third-order valence-electron chi connectivity index (χ3n) is 2.16. The second kappa shape index (κ2) is 6.68. The molecular formula is C10H9BrClF2NO4S. The molecule has 0 aromatic heterocycles. The van der Waals surface area contributed by atoms with Gasteiger partial charge in [0.15, 0.2) is 5.75 Å². The minimum atomic E-state index is -4.17. The summed E-state index contributed by atoms with van der Waals surface area (Å²) in [7, 11) is 2.30. The lowest BCUT2D eigenvalue weighted by atomic mass is 10.2. The zero-order chi connectivity index (χ0) is 15.5. The number of carbonyl (C=O) groups is 1.